The van der Waals surface area contributed by atoms with Crippen molar-refractivity contribution in [2.75, 3.05) is 16.0 Å². The number of para-hydroxylation sites is 1. The second-order valence-electron chi connectivity index (χ2n) is 11.1. The van der Waals surface area contributed by atoms with Crippen LogP contribution in [-0.4, -0.2) is 28.9 Å². The number of nitriles is 1. The monoisotopic (exact) mass is 717 g/mol. The molecule has 1 unspecified atom stereocenters. The number of carbonyl (C=O) groups excluding carboxylic acids is 4. The molecular formula is C39H32FN5O4S2. The number of halogens is 1. The largest absolute Gasteiger partial charge is 0.321 e. The zero-order chi connectivity index (χ0) is 36.3. The summed E-state index contributed by atoms with van der Waals surface area (Å²) in [4.78, 5) is 53.9. The Balaban J connectivity index is 1.30. The van der Waals surface area contributed by atoms with E-state index in [4.69, 9.17) is 0 Å². The van der Waals surface area contributed by atoms with Gasteiger partial charge < -0.3 is 21.3 Å². The molecule has 0 saturated carbocycles. The molecule has 0 aliphatic carbocycles. The Kier molecular flexibility index (Phi) is 12.1. The van der Waals surface area contributed by atoms with Crippen molar-refractivity contribution in [3.8, 4) is 6.07 Å². The molecule has 1 aromatic heterocycles. The van der Waals surface area contributed by atoms with Gasteiger partial charge in [0.1, 0.15) is 22.6 Å². The molecule has 9 nitrogen and oxygen atoms in total. The zero-order valence-corrected chi connectivity index (χ0v) is 29.2. The number of anilines is 3. The lowest BCUT2D eigenvalue weighted by Gasteiger charge is -2.15. The lowest BCUT2D eigenvalue weighted by molar-refractivity contribution is -0.116. The Morgan fingerprint density at radius 2 is 1.51 bits per heavy atom. The van der Waals surface area contributed by atoms with Gasteiger partial charge in [0.25, 0.3) is 17.7 Å². The lowest BCUT2D eigenvalue weighted by atomic mass is 10.1. The Morgan fingerprint density at radius 3 is 2.20 bits per heavy atom. The topological polar surface area (TPSA) is 140 Å². The van der Waals surface area contributed by atoms with Crippen LogP contribution in [-0.2, 0) is 9.59 Å². The third kappa shape index (κ3) is 9.36. The number of nitrogens with zero attached hydrogens (tertiary/aromatic N) is 1. The Labute approximate surface area is 302 Å². The Hall–Kier alpha value is -6.03. The van der Waals surface area contributed by atoms with Gasteiger partial charge in [0, 0.05) is 27.4 Å². The summed E-state index contributed by atoms with van der Waals surface area (Å²) in [6.45, 7) is 3.52. The smallest absolute Gasteiger partial charge is 0.272 e. The molecule has 4 amide bonds. The van der Waals surface area contributed by atoms with Crippen molar-refractivity contribution in [1.29, 1.82) is 5.26 Å². The normalized spacial score (nSPS) is 11.5. The lowest BCUT2D eigenvalue weighted by Crippen LogP contribution is -2.30. The maximum absolute atomic E-state index is 14.5. The van der Waals surface area contributed by atoms with Gasteiger partial charge in [-0.3, -0.25) is 19.2 Å². The third-order valence-corrected chi connectivity index (χ3v) is 10.1. The van der Waals surface area contributed by atoms with Crippen LogP contribution >= 0.6 is 23.1 Å². The minimum absolute atomic E-state index is 0.113. The van der Waals surface area contributed by atoms with Crippen LogP contribution in [0.2, 0.25) is 0 Å². The van der Waals surface area contributed by atoms with Gasteiger partial charge in [0.2, 0.25) is 5.91 Å². The van der Waals surface area contributed by atoms with E-state index in [0.29, 0.717) is 38.7 Å². The van der Waals surface area contributed by atoms with Crippen LogP contribution in [0, 0.1) is 24.1 Å². The quantitative estimate of drug-likeness (QED) is 0.0757. The van der Waals surface area contributed by atoms with Gasteiger partial charge in [-0.25, -0.2) is 4.39 Å². The predicted molar refractivity (Wildman–Crippen MR) is 200 cm³/mol. The number of hydrogen-bond donors (Lipinski definition) is 4. The maximum atomic E-state index is 14.5. The van der Waals surface area contributed by atoms with E-state index in [1.165, 1.54) is 36.0 Å². The van der Waals surface area contributed by atoms with E-state index in [1.807, 2.05) is 13.0 Å². The number of benzene rings is 4. The predicted octanol–water partition coefficient (Wildman–Crippen LogP) is 8.24. The molecule has 1 heterocycles. The van der Waals surface area contributed by atoms with Crippen LogP contribution in [0.15, 0.2) is 120 Å². The molecule has 51 heavy (non-hydrogen) atoms. The summed E-state index contributed by atoms with van der Waals surface area (Å²) in [5.74, 6) is -2.53. The van der Waals surface area contributed by atoms with Crippen molar-refractivity contribution in [2.45, 2.75) is 30.4 Å². The third-order valence-electron chi connectivity index (χ3n) is 7.50. The molecular weight excluding hydrogens is 686 g/mol. The van der Waals surface area contributed by atoms with Crippen LogP contribution in [0.4, 0.5) is 20.8 Å². The second-order valence-corrected chi connectivity index (χ2v) is 13.4. The van der Waals surface area contributed by atoms with E-state index in [9.17, 15) is 28.8 Å². The molecule has 0 saturated heterocycles. The fraction of sp³-hybridized carbons (Fsp3) is 0.103. The van der Waals surface area contributed by atoms with Crippen molar-refractivity contribution < 1.29 is 23.6 Å². The molecule has 4 N–H and O–H groups in total. The molecule has 4 aromatic carbocycles. The minimum Gasteiger partial charge on any atom is -0.321 e. The fourth-order valence-electron chi connectivity index (χ4n) is 4.88. The van der Waals surface area contributed by atoms with Crippen LogP contribution in [0.5, 0.6) is 0 Å². The molecule has 0 aliphatic rings. The summed E-state index contributed by atoms with van der Waals surface area (Å²) < 4.78 is 14.5. The highest BCUT2D eigenvalue weighted by molar-refractivity contribution is 8.00. The standard InChI is InChI=1S/C39H32FN5O4S2/c1-3-33(37(48)45-39-30(23-41)24(2)34(51-39)38(49)42-27-16-8-5-9-17-27)50-29-19-12-18-28(22-29)43-36(47)32(21-26-15-10-11-20-31(26)40)44-35(46)25-13-6-4-7-14-25/h4-22,33H,3H2,1-2H3,(H,42,49)(H,43,47)(H,44,46)(H,45,48)/b32-21-. The molecule has 12 heteroatoms. The number of carbonyl (C=O) groups is 4. The molecule has 1 atom stereocenters. The SMILES string of the molecule is CCC(Sc1cccc(NC(=O)/C(=C/c2ccccc2F)NC(=O)c2ccccc2)c1)C(=O)Nc1sc(C(=O)Nc2ccccc2)c(C)c1C#N. The first-order valence-corrected chi connectivity index (χ1v) is 17.5. The van der Waals surface area contributed by atoms with Gasteiger partial charge in [0.15, 0.2) is 0 Å². The average molecular weight is 718 g/mol. The van der Waals surface area contributed by atoms with E-state index < -0.39 is 22.9 Å². The van der Waals surface area contributed by atoms with E-state index in [-0.39, 0.29) is 33.6 Å². The van der Waals surface area contributed by atoms with Crippen LogP contribution in [0.1, 0.15) is 50.1 Å². The summed E-state index contributed by atoms with van der Waals surface area (Å²) in [6, 6.07) is 32.1. The summed E-state index contributed by atoms with van der Waals surface area (Å²) >= 11 is 2.29. The molecule has 256 valence electrons. The Bertz CT molecular complexity index is 2150. The molecule has 5 rings (SSSR count). The summed E-state index contributed by atoms with van der Waals surface area (Å²) in [7, 11) is 0. The highest BCUT2D eigenvalue weighted by atomic mass is 32.2. The molecule has 0 spiro atoms. The first-order valence-electron chi connectivity index (χ1n) is 15.8. The molecule has 0 radical (unpaired) electrons. The first-order chi connectivity index (χ1) is 24.7. The number of amides is 4. The van der Waals surface area contributed by atoms with Crippen LogP contribution in [0.25, 0.3) is 6.08 Å². The average Bonchev–Trinajstić information content (AvgIpc) is 3.46. The van der Waals surface area contributed by atoms with Gasteiger partial charge in [0.05, 0.1) is 15.7 Å². The van der Waals surface area contributed by atoms with Crippen molar-refractivity contribution in [2.24, 2.45) is 0 Å². The number of thiophene rings is 1. The molecule has 0 aliphatic heterocycles. The van der Waals surface area contributed by atoms with Gasteiger partial charge in [-0.15, -0.1) is 23.1 Å². The number of thioether (sulfide) groups is 1. The van der Waals surface area contributed by atoms with Crippen molar-refractivity contribution in [3.63, 3.8) is 0 Å². The maximum Gasteiger partial charge on any atom is 0.272 e. The second kappa shape index (κ2) is 17.1. The summed E-state index contributed by atoms with van der Waals surface area (Å²) in [6.07, 6.45) is 1.70. The van der Waals surface area contributed by atoms with Crippen molar-refractivity contribution in [3.05, 3.63) is 148 Å². The van der Waals surface area contributed by atoms with Gasteiger partial charge in [-0.1, -0.05) is 67.6 Å². The molecule has 0 fully saturated rings. The van der Waals surface area contributed by atoms with E-state index in [0.717, 1.165) is 11.3 Å². The number of rotatable bonds is 12. The highest BCUT2D eigenvalue weighted by Gasteiger charge is 2.25. The van der Waals surface area contributed by atoms with Crippen molar-refractivity contribution in [1.82, 2.24) is 5.32 Å². The summed E-state index contributed by atoms with van der Waals surface area (Å²) in [5.41, 5.74) is 1.93. The van der Waals surface area contributed by atoms with Crippen molar-refractivity contribution >= 4 is 69.2 Å². The summed E-state index contributed by atoms with van der Waals surface area (Å²) in [5, 5.41) is 20.6. The Morgan fingerprint density at radius 1 is 0.843 bits per heavy atom. The van der Waals surface area contributed by atoms with Gasteiger partial charge in [-0.2, -0.15) is 5.26 Å². The van der Waals surface area contributed by atoms with E-state index in [2.05, 4.69) is 27.3 Å². The molecule has 5 aromatic rings. The van der Waals surface area contributed by atoms with E-state index >= 15 is 0 Å². The minimum atomic E-state index is -0.682. The first kappa shape index (κ1) is 36.3. The number of hydrogen-bond acceptors (Lipinski definition) is 7. The van der Waals surface area contributed by atoms with Crippen LogP contribution in [0.3, 0.4) is 0 Å². The number of nitrogens with one attached hydrogen (secondary N) is 4. The van der Waals surface area contributed by atoms with Gasteiger partial charge in [-0.05, 0) is 73.5 Å². The fourth-order valence-corrected chi connectivity index (χ4v) is 6.95. The van der Waals surface area contributed by atoms with E-state index in [1.54, 1.807) is 91.9 Å². The van der Waals surface area contributed by atoms with Crippen LogP contribution < -0.4 is 21.3 Å². The molecule has 0 bridgehead atoms. The highest BCUT2D eigenvalue weighted by Crippen LogP contribution is 2.35. The van der Waals surface area contributed by atoms with Gasteiger partial charge >= 0.3 is 0 Å². The zero-order valence-electron chi connectivity index (χ0n) is 27.5.